The fraction of sp³-hybridized carbons (Fsp3) is 0.154. The van der Waals surface area contributed by atoms with Crippen molar-refractivity contribution in [2.24, 2.45) is 0 Å². The molecule has 106 valence electrons. The highest BCUT2D eigenvalue weighted by Gasteiger charge is 2.07. The first kappa shape index (κ1) is 15.2. The summed E-state index contributed by atoms with van der Waals surface area (Å²) >= 11 is 0. The number of nitrogens with one attached hydrogen (secondary N) is 2. The second kappa shape index (κ2) is 6.93. The molecule has 0 saturated carbocycles. The fourth-order valence-electron chi connectivity index (χ4n) is 1.36. The number of urea groups is 1. The first-order valence-electron chi connectivity index (χ1n) is 5.60. The van der Waals surface area contributed by atoms with Crippen LogP contribution in [0.4, 0.5) is 10.5 Å². The number of benzene rings is 1. The average molecular weight is 278 g/mol. The van der Waals surface area contributed by atoms with Crippen molar-refractivity contribution in [2.45, 2.75) is 6.92 Å². The Labute approximate surface area is 115 Å². The minimum atomic E-state index is -1.27. The highest BCUT2D eigenvalue weighted by atomic mass is 16.5. The molecule has 3 N–H and O–H groups in total. The van der Waals surface area contributed by atoms with Crippen molar-refractivity contribution in [1.29, 1.82) is 0 Å². The highest BCUT2D eigenvalue weighted by Crippen LogP contribution is 2.20. The van der Waals surface area contributed by atoms with Gasteiger partial charge in [0, 0.05) is 17.8 Å². The Bertz CT molecular complexity index is 566. The summed E-state index contributed by atoms with van der Waals surface area (Å²) in [7, 11) is 1.53. The van der Waals surface area contributed by atoms with Crippen molar-refractivity contribution in [1.82, 2.24) is 5.32 Å². The van der Waals surface area contributed by atoms with Gasteiger partial charge >= 0.3 is 12.0 Å². The van der Waals surface area contributed by atoms with E-state index in [-0.39, 0.29) is 0 Å². The third-order valence-corrected chi connectivity index (χ3v) is 2.30. The van der Waals surface area contributed by atoms with Crippen LogP contribution in [-0.2, 0) is 9.59 Å². The number of carbonyl (C=O) groups excluding carboxylic acids is 2. The third-order valence-electron chi connectivity index (χ3n) is 2.30. The number of hydrogen-bond donors (Lipinski definition) is 3. The van der Waals surface area contributed by atoms with Gasteiger partial charge in [0.05, 0.1) is 7.11 Å². The van der Waals surface area contributed by atoms with Crippen LogP contribution < -0.4 is 15.4 Å². The topological polar surface area (TPSA) is 105 Å². The monoisotopic (exact) mass is 278 g/mol. The Hall–Kier alpha value is -2.83. The Balaban J connectivity index is 2.63. The predicted octanol–water partition coefficient (Wildman–Crippen LogP) is 1.29. The number of amides is 3. The largest absolute Gasteiger partial charge is 0.497 e. The van der Waals surface area contributed by atoms with Gasteiger partial charge in [-0.2, -0.15) is 0 Å². The van der Waals surface area contributed by atoms with Gasteiger partial charge in [-0.3, -0.25) is 10.1 Å². The molecule has 0 heterocycles. The van der Waals surface area contributed by atoms with Crippen molar-refractivity contribution >= 4 is 23.6 Å². The highest BCUT2D eigenvalue weighted by molar-refractivity contribution is 6.06. The summed E-state index contributed by atoms with van der Waals surface area (Å²) < 4.78 is 5.03. The van der Waals surface area contributed by atoms with Gasteiger partial charge in [-0.05, 0) is 30.7 Å². The zero-order chi connectivity index (χ0) is 15.1. The maximum absolute atomic E-state index is 11.5. The van der Waals surface area contributed by atoms with Crippen LogP contribution in [0.5, 0.6) is 5.75 Å². The molecule has 0 unspecified atom stereocenters. The van der Waals surface area contributed by atoms with E-state index in [1.54, 1.807) is 25.1 Å². The number of hydrogen-bond acceptors (Lipinski definition) is 4. The lowest BCUT2D eigenvalue weighted by Crippen LogP contribution is -2.33. The normalized spacial score (nSPS) is 10.1. The summed E-state index contributed by atoms with van der Waals surface area (Å²) in [6, 6.07) is 4.26. The Morgan fingerprint density at radius 2 is 1.95 bits per heavy atom. The van der Waals surface area contributed by atoms with Crippen LogP contribution in [0.25, 0.3) is 0 Å². The fourth-order valence-corrected chi connectivity index (χ4v) is 1.36. The number of aliphatic carboxylic acids is 1. The lowest BCUT2D eigenvalue weighted by Gasteiger charge is -2.09. The molecule has 0 aromatic heterocycles. The average Bonchev–Trinajstić information content (AvgIpc) is 2.38. The van der Waals surface area contributed by atoms with E-state index in [2.05, 4.69) is 5.32 Å². The summed E-state index contributed by atoms with van der Waals surface area (Å²) in [5.41, 5.74) is 1.27. The lowest BCUT2D eigenvalue weighted by molar-refractivity contribution is -0.131. The van der Waals surface area contributed by atoms with E-state index in [4.69, 9.17) is 9.84 Å². The lowest BCUT2D eigenvalue weighted by atomic mass is 10.2. The molecule has 0 fully saturated rings. The van der Waals surface area contributed by atoms with E-state index in [0.29, 0.717) is 17.5 Å². The molecule has 20 heavy (non-hydrogen) atoms. The SMILES string of the molecule is COc1ccc(NC(=O)NC(=O)C=CC(=O)O)c(C)c1. The first-order chi connectivity index (χ1) is 9.42. The van der Waals surface area contributed by atoms with Gasteiger partial charge in [-0.15, -0.1) is 0 Å². The van der Waals surface area contributed by atoms with Gasteiger partial charge in [0.15, 0.2) is 0 Å². The summed E-state index contributed by atoms with van der Waals surface area (Å²) in [6.45, 7) is 1.77. The van der Waals surface area contributed by atoms with Crippen LogP contribution in [0.2, 0.25) is 0 Å². The molecule has 0 aliphatic heterocycles. The minimum Gasteiger partial charge on any atom is -0.497 e. The van der Waals surface area contributed by atoms with Crippen molar-refractivity contribution in [2.75, 3.05) is 12.4 Å². The van der Waals surface area contributed by atoms with Crippen molar-refractivity contribution in [3.05, 3.63) is 35.9 Å². The molecule has 0 atom stereocenters. The number of carboxylic acid groups (broad SMARTS) is 1. The van der Waals surface area contributed by atoms with E-state index in [1.165, 1.54) is 7.11 Å². The van der Waals surface area contributed by atoms with Gasteiger partial charge in [0.1, 0.15) is 5.75 Å². The zero-order valence-electron chi connectivity index (χ0n) is 11.0. The summed E-state index contributed by atoms with van der Waals surface area (Å²) in [6.07, 6.45) is 1.39. The van der Waals surface area contributed by atoms with Crippen molar-refractivity contribution in [3.63, 3.8) is 0 Å². The van der Waals surface area contributed by atoms with Crippen LogP contribution in [-0.4, -0.2) is 30.1 Å². The van der Waals surface area contributed by atoms with E-state index in [9.17, 15) is 14.4 Å². The molecule has 1 aromatic rings. The zero-order valence-corrected chi connectivity index (χ0v) is 11.0. The second-order valence-electron chi connectivity index (χ2n) is 3.80. The van der Waals surface area contributed by atoms with Crippen LogP contribution in [0.15, 0.2) is 30.4 Å². The Morgan fingerprint density at radius 3 is 2.50 bits per heavy atom. The number of ether oxygens (including phenoxy) is 1. The van der Waals surface area contributed by atoms with Gasteiger partial charge in [0.2, 0.25) is 0 Å². The molecule has 0 spiro atoms. The van der Waals surface area contributed by atoms with Crippen LogP contribution in [0.3, 0.4) is 0 Å². The minimum absolute atomic E-state index is 0.512. The molecule has 3 amide bonds. The number of methoxy groups -OCH3 is 1. The summed E-state index contributed by atoms with van der Waals surface area (Å²) in [4.78, 5) is 32.9. The Kier molecular flexibility index (Phi) is 5.28. The van der Waals surface area contributed by atoms with Crippen LogP contribution in [0, 0.1) is 6.92 Å². The van der Waals surface area contributed by atoms with E-state index in [1.807, 2.05) is 5.32 Å². The third kappa shape index (κ3) is 4.81. The number of imide groups is 1. The van der Waals surface area contributed by atoms with E-state index in [0.717, 1.165) is 11.6 Å². The van der Waals surface area contributed by atoms with Crippen molar-refractivity contribution < 1.29 is 24.2 Å². The van der Waals surface area contributed by atoms with Gasteiger partial charge in [-0.1, -0.05) is 0 Å². The van der Waals surface area contributed by atoms with E-state index < -0.39 is 17.9 Å². The number of rotatable bonds is 4. The maximum atomic E-state index is 11.5. The van der Waals surface area contributed by atoms with Gasteiger partial charge < -0.3 is 15.2 Å². The smallest absolute Gasteiger partial charge is 0.328 e. The van der Waals surface area contributed by atoms with Gasteiger partial charge in [0.25, 0.3) is 5.91 Å². The number of carboxylic acids is 1. The number of carbonyl (C=O) groups is 3. The molecule has 0 bridgehead atoms. The maximum Gasteiger partial charge on any atom is 0.328 e. The molecule has 0 aliphatic rings. The standard InChI is InChI=1S/C13H14N2O5/c1-8-7-9(20-2)3-4-10(8)14-13(19)15-11(16)5-6-12(17)18/h3-7H,1-2H3,(H,17,18)(H2,14,15,16,19). The van der Waals surface area contributed by atoms with Crippen LogP contribution in [0.1, 0.15) is 5.56 Å². The molecule has 1 rings (SSSR count). The quantitative estimate of drug-likeness (QED) is 0.720. The van der Waals surface area contributed by atoms with Crippen LogP contribution >= 0.6 is 0 Å². The molecule has 7 heteroatoms. The molecule has 7 nitrogen and oxygen atoms in total. The van der Waals surface area contributed by atoms with E-state index >= 15 is 0 Å². The molecular weight excluding hydrogens is 264 g/mol. The molecule has 1 aromatic carbocycles. The summed E-state index contributed by atoms with van der Waals surface area (Å²) in [5, 5.41) is 12.8. The van der Waals surface area contributed by atoms with Gasteiger partial charge in [-0.25, -0.2) is 9.59 Å². The van der Waals surface area contributed by atoms with Crippen molar-refractivity contribution in [3.8, 4) is 5.75 Å². The predicted molar refractivity (Wildman–Crippen MR) is 71.7 cm³/mol. The summed E-state index contributed by atoms with van der Waals surface area (Å²) in [5.74, 6) is -1.45. The molecule has 0 radical (unpaired) electrons. The molecule has 0 saturated heterocycles. The number of anilines is 1. The first-order valence-corrected chi connectivity index (χ1v) is 5.60. The molecule has 0 aliphatic carbocycles. The number of aryl methyl sites for hydroxylation is 1. The Morgan fingerprint density at radius 1 is 1.25 bits per heavy atom. The second-order valence-corrected chi connectivity index (χ2v) is 3.80. The molecular formula is C13H14N2O5.